The standard InChI is InChI=1S/C18H14O2/c1-19-13-11-15-3-7-17(8-4-15)18-9-5-16(6-10-18)12-14-20-2/h3-10H,1-2H3. The summed E-state index contributed by atoms with van der Waals surface area (Å²) in [6.45, 7) is 0. The van der Waals surface area contributed by atoms with Gasteiger partial charge in [-0.1, -0.05) is 24.3 Å². The molecule has 2 nitrogen and oxygen atoms in total. The van der Waals surface area contributed by atoms with Gasteiger partial charge in [0, 0.05) is 11.1 Å². The number of methoxy groups -OCH3 is 2. The first kappa shape index (κ1) is 13.6. The van der Waals surface area contributed by atoms with Crippen molar-refractivity contribution in [2.24, 2.45) is 0 Å². The minimum atomic E-state index is 0.929. The average molecular weight is 262 g/mol. The summed E-state index contributed by atoms with van der Waals surface area (Å²) in [6.07, 6.45) is 5.15. The molecular formula is C18H14O2. The zero-order valence-electron chi connectivity index (χ0n) is 11.4. The summed E-state index contributed by atoms with van der Waals surface area (Å²) < 4.78 is 9.44. The lowest BCUT2D eigenvalue weighted by Crippen LogP contribution is -1.81. The highest BCUT2D eigenvalue weighted by atomic mass is 16.5. The highest BCUT2D eigenvalue weighted by Crippen LogP contribution is 2.20. The second kappa shape index (κ2) is 6.92. The van der Waals surface area contributed by atoms with Crippen LogP contribution in [0.1, 0.15) is 11.1 Å². The van der Waals surface area contributed by atoms with Crippen molar-refractivity contribution in [3.63, 3.8) is 0 Å². The van der Waals surface area contributed by atoms with E-state index in [4.69, 9.17) is 9.47 Å². The van der Waals surface area contributed by atoms with Gasteiger partial charge in [0.25, 0.3) is 0 Å². The van der Waals surface area contributed by atoms with E-state index in [9.17, 15) is 0 Å². The number of rotatable bonds is 1. The van der Waals surface area contributed by atoms with Crippen molar-refractivity contribution < 1.29 is 9.47 Å². The number of ether oxygens (including phenoxy) is 2. The van der Waals surface area contributed by atoms with E-state index in [-0.39, 0.29) is 0 Å². The smallest absolute Gasteiger partial charge is 0.115 e. The third-order valence-corrected chi connectivity index (χ3v) is 2.70. The molecule has 0 saturated heterocycles. The molecule has 2 heteroatoms. The molecule has 0 aliphatic rings. The molecule has 0 aliphatic heterocycles. The fourth-order valence-corrected chi connectivity index (χ4v) is 1.71. The van der Waals surface area contributed by atoms with E-state index in [0.29, 0.717) is 0 Å². The minimum absolute atomic E-state index is 0.929. The molecule has 98 valence electrons. The minimum Gasteiger partial charge on any atom is -0.450 e. The molecule has 0 bridgehead atoms. The predicted molar refractivity (Wildman–Crippen MR) is 79.7 cm³/mol. The highest BCUT2D eigenvalue weighted by molar-refractivity contribution is 5.65. The summed E-state index contributed by atoms with van der Waals surface area (Å²) in [4.78, 5) is 0. The summed E-state index contributed by atoms with van der Waals surface area (Å²) >= 11 is 0. The molecule has 0 atom stereocenters. The van der Waals surface area contributed by atoms with Crippen molar-refractivity contribution >= 4 is 0 Å². The van der Waals surface area contributed by atoms with Crippen LogP contribution in [0.2, 0.25) is 0 Å². The van der Waals surface area contributed by atoms with Gasteiger partial charge >= 0.3 is 0 Å². The Bertz CT molecular complexity index is 611. The fourth-order valence-electron chi connectivity index (χ4n) is 1.71. The summed E-state index contributed by atoms with van der Waals surface area (Å²) in [6, 6.07) is 16.0. The first-order valence-electron chi connectivity index (χ1n) is 6.12. The van der Waals surface area contributed by atoms with Gasteiger partial charge in [0.2, 0.25) is 0 Å². The lowest BCUT2D eigenvalue weighted by molar-refractivity contribution is 0.372. The van der Waals surface area contributed by atoms with Gasteiger partial charge in [-0.15, -0.1) is 0 Å². The van der Waals surface area contributed by atoms with E-state index >= 15 is 0 Å². The van der Waals surface area contributed by atoms with Crippen LogP contribution >= 0.6 is 0 Å². The zero-order valence-corrected chi connectivity index (χ0v) is 11.4. The molecule has 0 saturated carbocycles. The van der Waals surface area contributed by atoms with Gasteiger partial charge in [-0.3, -0.25) is 0 Å². The van der Waals surface area contributed by atoms with Crippen LogP contribution in [0.5, 0.6) is 0 Å². The summed E-state index contributed by atoms with van der Waals surface area (Å²) in [5.41, 5.74) is 4.13. The van der Waals surface area contributed by atoms with Gasteiger partial charge in [-0.05, 0) is 47.2 Å². The maximum absolute atomic E-state index is 4.72. The van der Waals surface area contributed by atoms with Gasteiger partial charge in [0.05, 0.1) is 14.2 Å². The largest absolute Gasteiger partial charge is 0.450 e. The van der Waals surface area contributed by atoms with Crippen LogP contribution < -0.4 is 0 Å². The monoisotopic (exact) mass is 262 g/mol. The first-order chi connectivity index (χ1) is 9.83. The predicted octanol–water partition coefficient (Wildman–Crippen LogP) is 3.26. The molecule has 0 heterocycles. The Morgan fingerprint density at radius 1 is 0.600 bits per heavy atom. The Morgan fingerprint density at radius 3 is 1.25 bits per heavy atom. The molecule has 0 fully saturated rings. The Kier molecular flexibility index (Phi) is 4.70. The third-order valence-electron chi connectivity index (χ3n) is 2.70. The molecule has 0 amide bonds. The van der Waals surface area contributed by atoms with Crippen LogP contribution in [-0.2, 0) is 9.47 Å². The number of hydrogen-bond donors (Lipinski definition) is 0. The van der Waals surface area contributed by atoms with Crippen LogP contribution in [0, 0.1) is 24.1 Å². The first-order valence-corrected chi connectivity index (χ1v) is 6.12. The van der Waals surface area contributed by atoms with E-state index < -0.39 is 0 Å². The SMILES string of the molecule is COC#Cc1ccc(-c2ccc(C#COC)cc2)cc1. The molecule has 0 N–H and O–H groups in total. The van der Waals surface area contributed by atoms with Crippen LogP contribution in [0.4, 0.5) is 0 Å². The van der Waals surface area contributed by atoms with Gasteiger partial charge in [0.15, 0.2) is 0 Å². The zero-order chi connectivity index (χ0) is 14.2. The maximum atomic E-state index is 4.72. The second-order valence-electron chi connectivity index (χ2n) is 4.02. The van der Waals surface area contributed by atoms with Crippen molar-refractivity contribution in [1.82, 2.24) is 0 Å². The van der Waals surface area contributed by atoms with Crippen molar-refractivity contribution in [1.29, 1.82) is 0 Å². The number of hydrogen-bond acceptors (Lipinski definition) is 2. The van der Waals surface area contributed by atoms with Gasteiger partial charge in [-0.2, -0.15) is 0 Å². The molecule has 2 rings (SSSR count). The Morgan fingerprint density at radius 2 is 0.950 bits per heavy atom. The quantitative estimate of drug-likeness (QED) is 0.734. The fraction of sp³-hybridized carbons (Fsp3) is 0.111. The van der Waals surface area contributed by atoms with Gasteiger partial charge in [-0.25, -0.2) is 0 Å². The van der Waals surface area contributed by atoms with E-state index in [1.165, 1.54) is 0 Å². The third kappa shape index (κ3) is 3.57. The average Bonchev–Trinajstić information content (AvgIpc) is 2.52. The Hall–Kier alpha value is -2.84. The molecule has 0 aliphatic carbocycles. The van der Waals surface area contributed by atoms with E-state index in [1.807, 2.05) is 48.5 Å². The highest BCUT2D eigenvalue weighted by Gasteiger charge is 1.97. The van der Waals surface area contributed by atoms with Crippen molar-refractivity contribution in [3.8, 4) is 35.2 Å². The van der Waals surface area contributed by atoms with Crippen LogP contribution in [-0.4, -0.2) is 14.2 Å². The number of benzene rings is 2. The molecule has 0 unspecified atom stereocenters. The normalized spacial score (nSPS) is 8.70. The molecule has 0 spiro atoms. The lowest BCUT2D eigenvalue weighted by Gasteiger charge is -2.02. The van der Waals surface area contributed by atoms with E-state index in [2.05, 4.69) is 24.1 Å². The second-order valence-corrected chi connectivity index (χ2v) is 4.02. The van der Waals surface area contributed by atoms with Crippen LogP contribution in [0.3, 0.4) is 0 Å². The maximum Gasteiger partial charge on any atom is 0.115 e. The molecular weight excluding hydrogens is 248 g/mol. The topological polar surface area (TPSA) is 18.5 Å². The van der Waals surface area contributed by atoms with Crippen molar-refractivity contribution in [2.45, 2.75) is 0 Å². The Labute approximate surface area is 119 Å². The van der Waals surface area contributed by atoms with Crippen LogP contribution in [0.25, 0.3) is 11.1 Å². The summed E-state index contributed by atoms with van der Waals surface area (Å²) in [7, 11) is 3.10. The van der Waals surface area contributed by atoms with Crippen molar-refractivity contribution in [2.75, 3.05) is 14.2 Å². The summed E-state index contributed by atoms with van der Waals surface area (Å²) in [5.74, 6) is 5.80. The van der Waals surface area contributed by atoms with E-state index in [0.717, 1.165) is 22.3 Å². The van der Waals surface area contributed by atoms with E-state index in [1.54, 1.807) is 14.2 Å². The van der Waals surface area contributed by atoms with Gasteiger partial charge in [0.1, 0.15) is 12.2 Å². The molecule has 2 aromatic rings. The molecule has 0 aromatic heterocycles. The molecule has 0 radical (unpaired) electrons. The lowest BCUT2D eigenvalue weighted by atomic mass is 10.0. The molecule has 2 aromatic carbocycles. The summed E-state index contributed by atoms with van der Waals surface area (Å²) in [5, 5.41) is 0. The van der Waals surface area contributed by atoms with Crippen LogP contribution in [0.15, 0.2) is 48.5 Å². The Balaban J connectivity index is 2.19. The van der Waals surface area contributed by atoms with Gasteiger partial charge < -0.3 is 9.47 Å². The van der Waals surface area contributed by atoms with Crippen molar-refractivity contribution in [3.05, 3.63) is 59.7 Å². The molecule has 20 heavy (non-hydrogen) atoms.